The van der Waals surface area contributed by atoms with Gasteiger partial charge in [-0.1, -0.05) is 31.6 Å². The third-order valence-corrected chi connectivity index (χ3v) is 9.16. The van der Waals surface area contributed by atoms with Crippen LogP contribution in [0, 0.1) is 28.6 Å². The van der Waals surface area contributed by atoms with Gasteiger partial charge in [0.2, 0.25) is 0 Å². The molecule has 0 spiro atoms. The van der Waals surface area contributed by atoms with Crippen molar-refractivity contribution in [1.29, 1.82) is 0 Å². The first-order chi connectivity index (χ1) is 14.8. The fourth-order valence-corrected chi connectivity index (χ4v) is 7.59. The maximum Gasteiger partial charge on any atom is 0.302 e. The molecule has 0 aromatic carbocycles. The molecule has 0 saturated heterocycles. The molecule has 4 aliphatic carbocycles. The van der Waals surface area contributed by atoms with E-state index in [9.17, 15) is 9.59 Å². The number of aromatic nitrogens is 2. The molecule has 6 atom stereocenters. The average Bonchev–Trinajstić information content (AvgIpc) is 3.34. The van der Waals surface area contributed by atoms with E-state index in [1.54, 1.807) is 12.5 Å². The summed E-state index contributed by atoms with van der Waals surface area (Å²) in [6.07, 6.45) is 17.4. The van der Waals surface area contributed by atoms with Crippen molar-refractivity contribution in [2.45, 2.75) is 78.4 Å². The predicted octanol–water partition coefficient (Wildman–Crippen LogP) is 4.88. The molecular weight excluding hydrogens is 388 g/mol. The molecule has 5 nitrogen and oxygen atoms in total. The first-order valence-electron chi connectivity index (χ1n) is 11.9. The van der Waals surface area contributed by atoms with Crippen molar-refractivity contribution in [3.63, 3.8) is 0 Å². The van der Waals surface area contributed by atoms with Crippen LogP contribution in [0.1, 0.15) is 65.7 Å². The van der Waals surface area contributed by atoms with Crippen molar-refractivity contribution in [3.05, 3.63) is 42.0 Å². The van der Waals surface area contributed by atoms with Gasteiger partial charge in [0.15, 0.2) is 5.78 Å². The molecule has 0 unspecified atom stereocenters. The lowest BCUT2D eigenvalue weighted by molar-refractivity contribution is -0.148. The van der Waals surface area contributed by atoms with Crippen LogP contribution >= 0.6 is 0 Å². The summed E-state index contributed by atoms with van der Waals surface area (Å²) in [5.74, 6) is 1.93. The lowest BCUT2D eigenvalue weighted by Crippen LogP contribution is -2.50. The number of Topliss-reactive ketones (excluding diaryl/α,β-unsaturated/α-hetero) is 1. The average molecular weight is 423 g/mol. The summed E-state index contributed by atoms with van der Waals surface area (Å²) < 4.78 is 7.44. The van der Waals surface area contributed by atoms with E-state index < -0.39 is 0 Å². The van der Waals surface area contributed by atoms with Crippen molar-refractivity contribution in [3.8, 4) is 0 Å². The summed E-state index contributed by atoms with van der Waals surface area (Å²) >= 11 is 0. The number of hydrogen-bond donors (Lipinski definition) is 0. The number of allylic oxidation sites excluding steroid dienone is 3. The molecule has 31 heavy (non-hydrogen) atoms. The monoisotopic (exact) mass is 422 g/mol. The molecule has 0 bridgehead atoms. The molecule has 166 valence electrons. The zero-order chi connectivity index (χ0) is 21.8. The van der Waals surface area contributed by atoms with Gasteiger partial charge >= 0.3 is 5.97 Å². The Morgan fingerprint density at radius 1 is 1.13 bits per heavy atom. The SMILES string of the molecule is CC(=O)O[C@H]1CC[C@@]2(C)C(=CC[C@@H]3[C@@H]2CC[C@]2(C)C(C(=O)Cn4ccnc4)=CC[C@@H]32)C1. The maximum atomic E-state index is 13.2. The highest BCUT2D eigenvalue weighted by molar-refractivity contribution is 5.97. The molecular formula is C26H34N2O3. The summed E-state index contributed by atoms with van der Waals surface area (Å²) in [6.45, 7) is 6.70. The molecule has 1 heterocycles. The van der Waals surface area contributed by atoms with Gasteiger partial charge in [-0.05, 0) is 72.7 Å². The highest BCUT2D eigenvalue weighted by Gasteiger charge is 2.57. The Labute approximate surface area is 184 Å². The van der Waals surface area contributed by atoms with Crippen molar-refractivity contribution < 1.29 is 14.3 Å². The van der Waals surface area contributed by atoms with Gasteiger partial charge in [-0.25, -0.2) is 4.98 Å². The van der Waals surface area contributed by atoms with Crippen LogP contribution < -0.4 is 0 Å². The molecule has 0 aliphatic heterocycles. The van der Waals surface area contributed by atoms with Crippen LogP contribution in [0.3, 0.4) is 0 Å². The van der Waals surface area contributed by atoms with Gasteiger partial charge in [-0.3, -0.25) is 9.59 Å². The Morgan fingerprint density at radius 2 is 1.94 bits per heavy atom. The molecule has 5 rings (SSSR count). The predicted molar refractivity (Wildman–Crippen MR) is 118 cm³/mol. The second kappa shape index (κ2) is 7.46. The minimum absolute atomic E-state index is 0.00449. The van der Waals surface area contributed by atoms with Crippen LogP contribution in [0.5, 0.6) is 0 Å². The minimum atomic E-state index is -0.166. The van der Waals surface area contributed by atoms with Gasteiger partial charge in [0.1, 0.15) is 6.10 Å². The Bertz CT molecular complexity index is 946. The third kappa shape index (κ3) is 3.32. The van der Waals surface area contributed by atoms with E-state index in [4.69, 9.17) is 4.74 Å². The van der Waals surface area contributed by atoms with Crippen LogP contribution in [0.2, 0.25) is 0 Å². The number of carbonyl (C=O) groups excluding carboxylic acids is 2. The van der Waals surface area contributed by atoms with E-state index in [1.807, 2.05) is 10.8 Å². The first kappa shape index (κ1) is 20.7. The van der Waals surface area contributed by atoms with Gasteiger partial charge in [0.05, 0.1) is 12.9 Å². The highest BCUT2D eigenvalue weighted by atomic mass is 16.5. The van der Waals surface area contributed by atoms with E-state index in [-0.39, 0.29) is 28.7 Å². The molecule has 2 fully saturated rings. The van der Waals surface area contributed by atoms with Gasteiger partial charge in [0.25, 0.3) is 0 Å². The van der Waals surface area contributed by atoms with E-state index >= 15 is 0 Å². The van der Waals surface area contributed by atoms with Gasteiger partial charge in [-0.15, -0.1) is 0 Å². The fraction of sp³-hybridized carbons (Fsp3) is 0.654. The molecule has 1 aromatic rings. The minimum Gasteiger partial charge on any atom is -0.462 e. The number of ether oxygens (including phenoxy) is 1. The summed E-state index contributed by atoms with van der Waals surface area (Å²) in [5, 5.41) is 0. The summed E-state index contributed by atoms with van der Waals surface area (Å²) in [5.41, 5.74) is 2.78. The molecule has 0 radical (unpaired) electrons. The molecule has 5 heteroatoms. The highest BCUT2D eigenvalue weighted by Crippen LogP contribution is 2.65. The lowest BCUT2D eigenvalue weighted by Gasteiger charge is -2.57. The van der Waals surface area contributed by atoms with Gasteiger partial charge in [0, 0.05) is 25.7 Å². The van der Waals surface area contributed by atoms with Gasteiger partial charge < -0.3 is 9.30 Å². The zero-order valence-electron chi connectivity index (χ0n) is 19.0. The van der Waals surface area contributed by atoms with Crippen molar-refractivity contribution in [2.75, 3.05) is 0 Å². The standard InChI is InChI=1S/C26H34N2O3/c1-17(29)31-19-8-10-25(2)18(14-19)4-5-20-21-6-7-23(26(21,3)11-9-22(20)25)24(30)15-28-13-12-27-16-28/h4,7,12-13,16,19-22H,5-6,8-11,14-15H2,1-3H3/t19-,20-,21-,22-,25-,26-/m0/s1. The number of esters is 1. The summed E-state index contributed by atoms with van der Waals surface area (Å²) in [4.78, 5) is 28.7. The molecule has 0 N–H and O–H groups in total. The Balaban J connectivity index is 1.35. The van der Waals surface area contributed by atoms with E-state index in [2.05, 4.69) is 31.0 Å². The Morgan fingerprint density at radius 3 is 2.68 bits per heavy atom. The summed E-state index contributed by atoms with van der Waals surface area (Å²) in [7, 11) is 0. The number of carbonyl (C=O) groups is 2. The van der Waals surface area contributed by atoms with Crippen LogP contribution in [-0.2, 0) is 20.9 Å². The molecule has 4 aliphatic rings. The molecule has 0 amide bonds. The smallest absolute Gasteiger partial charge is 0.302 e. The number of nitrogens with zero attached hydrogens (tertiary/aromatic N) is 2. The third-order valence-electron chi connectivity index (χ3n) is 9.16. The number of rotatable bonds is 4. The number of ketones is 1. The molecule has 2 saturated carbocycles. The van der Waals surface area contributed by atoms with Crippen LogP contribution in [0.15, 0.2) is 42.0 Å². The zero-order valence-corrected chi connectivity index (χ0v) is 19.0. The topological polar surface area (TPSA) is 61.2 Å². The van der Waals surface area contributed by atoms with Crippen molar-refractivity contribution in [2.24, 2.45) is 28.6 Å². The van der Waals surface area contributed by atoms with E-state index in [0.29, 0.717) is 24.3 Å². The normalized spacial score (nSPS) is 38.9. The van der Waals surface area contributed by atoms with Crippen LogP contribution in [-0.4, -0.2) is 27.4 Å². The fourth-order valence-electron chi connectivity index (χ4n) is 7.59. The van der Waals surface area contributed by atoms with Gasteiger partial charge in [-0.2, -0.15) is 0 Å². The molecule has 1 aromatic heterocycles. The maximum absolute atomic E-state index is 13.2. The first-order valence-corrected chi connectivity index (χ1v) is 11.9. The van der Waals surface area contributed by atoms with Crippen LogP contribution in [0.25, 0.3) is 0 Å². The largest absolute Gasteiger partial charge is 0.462 e. The second-order valence-corrected chi connectivity index (χ2v) is 10.7. The number of hydrogen-bond acceptors (Lipinski definition) is 4. The van der Waals surface area contributed by atoms with Crippen molar-refractivity contribution in [1.82, 2.24) is 9.55 Å². The summed E-state index contributed by atoms with van der Waals surface area (Å²) in [6, 6.07) is 0. The Kier molecular flexibility index (Phi) is 4.98. The van der Waals surface area contributed by atoms with Crippen molar-refractivity contribution >= 4 is 11.8 Å². The quantitative estimate of drug-likeness (QED) is 0.512. The lowest BCUT2D eigenvalue weighted by atomic mass is 9.47. The van der Waals surface area contributed by atoms with Crippen LogP contribution in [0.4, 0.5) is 0 Å². The number of imidazole rings is 1. The Hall–Kier alpha value is -2.17. The number of fused-ring (bicyclic) bond motifs is 5. The second-order valence-electron chi connectivity index (χ2n) is 10.7. The van der Waals surface area contributed by atoms with E-state index in [1.165, 1.54) is 18.9 Å². The van der Waals surface area contributed by atoms with E-state index in [0.717, 1.165) is 44.1 Å².